The Morgan fingerprint density at radius 1 is 1.14 bits per heavy atom. The highest BCUT2D eigenvalue weighted by atomic mass is 19.4. The zero-order chi connectivity index (χ0) is 15.0. The summed E-state index contributed by atoms with van der Waals surface area (Å²) in [6.07, 6.45) is -0.483. The van der Waals surface area contributed by atoms with Gasteiger partial charge in [-0.25, -0.2) is 4.98 Å². The van der Waals surface area contributed by atoms with Gasteiger partial charge in [0.2, 0.25) is 0 Å². The number of imidazole rings is 1. The van der Waals surface area contributed by atoms with Gasteiger partial charge in [-0.3, -0.25) is 4.98 Å². The summed E-state index contributed by atoms with van der Waals surface area (Å²) >= 11 is 0. The fourth-order valence-electron chi connectivity index (χ4n) is 2.28. The smallest absolute Gasteiger partial charge is 0.342 e. The van der Waals surface area contributed by atoms with Gasteiger partial charge in [0, 0.05) is 18.8 Å². The molecule has 0 aliphatic rings. The first-order chi connectivity index (χ1) is 9.93. The molecule has 0 fully saturated rings. The standard InChI is InChI=1S/C15H12F3N3/c1-9-6-11(15(16,17)18)8-12-14(9)21-13(20-12)7-10-2-4-19-5-3-10/h2-6,8H,7H2,1H3,(H,20,21). The van der Waals surface area contributed by atoms with Crippen LogP contribution in [0, 0.1) is 6.92 Å². The Bertz CT molecular complexity index is 776. The summed E-state index contributed by atoms with van der Waals surface area (Å²) < 4.78 is 38.4. The number of nitrogens with one attached hydrogen (secondary N) is 1. The quantitative estimate of drug-likeness (QED) is 0.778. The van der Waals surface area contributed by atoms with Gasteiger partial charge in [0.25, 0.3) is 0 Å². The van der Waals surface area contributed by atoms with Crippen molar-refractivity contribution in [3.8, 4) is 0 Å². The number of pyridine rings is 1. The Morgan fingerprint density at radius 2 is 1.86 bits per heavy atom. The van der Waals surface area contributed by atoms with E-state index >= 15 is 0 Å². The monoisotopic (exact) mass is 291 g/mol. The molecule has 0 saturated heterocycles. The van der Waals surface area contributed by atoms with Crippen molar-refractivity contribution < 1.29 is 13.2 Å². The first-order valence-corrected chi connectivity index (χ1v) is 6.39. The highest BCUT2D eigenvalue weighted by Crippen LogP contribution is 2.32. The SMILES string of the molecule is Cc1cc(C(F)(F)F)cc2[nH]c(Cc3ccncc3)nc12. The summed E-state index contributed by atoms with van der Waals surface area (Å²) in [5, 5.41) is 0. The van der Waals surface area contributed by atoms with E-state index in [1.807, 2.05) is 12.1 Å². The van der Waals surface area contributed by atoms with E-state index in [0.29, 0.717) is 28.8 Å². The second-order valence-electron chi connectivity index (χ2n) is 4.90. The fourth-order valence-corrected chi connectivity index (χ4v) is 2.28. The van der Waals surface area contributed by atoms with Crippen LogP contribution in [0.25, 0.3) is 11.0 Å². The van der Waals surface area contributed by atoms with Gasteiger partial charge in [0.1, 0.15) is 5.82 Å². The lowest BCUT2D eigenvalue weighted by atomic mass is 10.1. The van der Waals surface area contributed by atoms with Gasteiger partial charge >= 0.3 is 6.18 Å². The van der Waals surface area contributed by atoms with Crippen LogP contribution in [0.15, 0.2) is 36.7 Å². The topological polar surface area (TPSA) is 41.6 Å². The van der Waals surface area contributed by atoms with Crippen molar-refractivity contribution in [1.82, 2.24) is 15.0 Å². The number of rotatable bonds is 2. The first kappa shape index (κ1) is 13.6. The van der Waals surface area contributed by atoms with E-state index in [4.69, 9.17) is 0 Å². The molecule has 0 amide bonds. The zero-order valence-corrected chi connectivity index (χ0v) is 11.2. The van der Waals surface area contributed by atoms with E-state index in [1.165, 1.54) is 0 Å². The number of benzene rings is 1. The average Bonchev–Trinajstić information content (AvgIpc) is 2.82. The van der Waals surface area contributed by atoms with E-state index in [9.17, 15) is 13.2 Å². The van der Waals surface area contributed by atoms with Crippen molar-refractivity contribution in [3.63, 3.8) is 0 Å². The predicted octanol–water partition coefficient (Wildman–Crippen LogP) is 3.88. The van der Waals surface area contributed by atoms with E-state index in [2.05, 4.69) is 15.0 Å². The van der Waals surface area contributed by atoms with Crippen molar-refractivity contribution in [2.24, 2.45) is 0 Å². The van der Waals surface area contributed by atoms with Crippen LogP contribution >= 0.6 is 0 Å². The maximum absolute atomic E-state index is 12.8. The summed E-state index contributed by atoms with van der Waals surface area (Å²) in [6, 6.07) is 5.92. The van der Waals surface area contributed by atoms with Gasteiger partial charge in [-0.2, -0.15) is 13.2 Å². The second kappa shape index (κ2) is 4.87. The normalized spacial score (nSPS) is 12.0. The molecule has 3 aromatic rings. The number of aromatic nitrogens is 3. The minimum Gasteiger partial charge on any atom is -0.342 e. The van der Waals surface area contributed by atoms with E-state index < -0.39 is 11.7 Å². The lowest BCUT2D eigenvalue weighted by Crippen LogP contribution is -2.05. The number of hydrogen-bond acceptors (Lipinski definition) is 2. The number of halogens is 3. The van der Waals surface area contributed by atoms with E-state index in [-0.39, 0.29) is 0 Å². The fraction of sp³-hybridized carbons (Fsp3) is 0.200. The molecule has 0 aliphatic heterocycles. The highest BCUT2D eigenvalue weighted by molar-refractivity contribution is 5.79. The highest BCUT2D eigenvalue weighted by Gasteiger charge is 2.31. The molecule has 0 aliphatic carbocycles. The van der Waals surface area contributed by atoms with Crippen molar-refractivity contribution in [1.29, 1.82) is 0 Å². The maximum Gasteiger partial charge on any atom is 0.416 e. The third-order valence-electron chi connectivity index (χ3n) is 3.27. The first-order valence-electron chi connectivity index (χ1n) is 6.39. The Balaban J connectivity index is 2.02. The summed E-state index contributed by atoms with van der Waals surface area (Å²) in [7, 11) is 0. The van der Waals surface area contributed by atoms with Gasteiger partial charge in [0.15, 0.2) is 0 Å². The molecule has 21 heavy (non-hydrogen) atoms. The Labute approximate surface area is 118 Å². The third kappa shape index (κ3) is 2.74. The van der Waals surface area contributed by atoms with Gasteiger partial charge in [-0.1, -0.05) is 0 Å². The number of hydrogen-bond donors (Lipinski definition) is 1. The summed E-state index contributed by atoms with van der Waals surface area (Å²) in [6.45, 7) is 1.63. The van der Waals surface area contributed by atoms with Crippen LogP contribution in [-0.4, -0.2) is 15.0 Å². The van der Waals surface area contributed by atoms with Gasteiger partial charge in [0.05, 0.1) is 16.6 Å². The van der Waals surface area contributed by atoms with Crippen LogP contribution in [0.4, 0.5) is 13.2 Å². The number of aryl methyl sites for hydroxylation is 1. The van der Waals surface area contributed by atoms with Crippen LogP contribution in [-0.2, 0) is 12.6 Å². The van der Waals surface area contributed by atoms with E-state index in [1.54, 1.807) is 19.3 Å². The van der Waals surface area contributed by atoms with Gasteiger partial charge < -0.3 is 4.98 Å². The van der Waals surface area contributed by atoms with Crippen molar-refractivity contribution in [3.05, 3.63) is 59.2 Å². The molecule has 6 heteroatoms. The molecule has 1 aromatic carbocycles. The van der Waals surface area contributed by atoms with Crippen LogP contribution in [0.5, 0.6) is 0 Å². The molecule has 108 valence electrons. The molecule has 2 heterocycles. The molecule has 2 aromatic heterocycles. The molecule has 3 rings (SSSR count). The molecular weight excluding hydrogens is 279 g/mol. The second-order valence-corrected chi connectivity index (χ2v) is 4.90. The molecule has 0 atom stereocenters. The lowest BCUT2D eigenvalue weighted by molar-refractivity contribution is -0.137. The van der Waals surface area contributed by atoms with Crippen molar-refractivity contribution >= 4 is 11.0 Å². The van der Waals surface area contributed by atoms with Crippen LogP contribution < -0.4 is 0 Å². The Kier molecular flexibility index (Phi) is 3.16. The number of aromatic amines is 1. The van der Waals surface area contributed by atoms with Crippen LogP contribution in [0.3, 0.4) is 0 Å². The third-order valence-corrected chi connectivity index (χ3v) is 3.27. The average molecular weight is 291 g/mol. The lowest BCUT2D eigenvalue weighted by Gasteiger charge is -2.07. The van der Waals surface area contributed by atoms with E-state index in [0.717, 1.165) is 17.7 Å². The minimum atomic E-state index is -4.35. The molecule has 0 bridgehead atoms. The maximum atomic E-state index is 12.8. The Morgan fingerprint density at radius 3 is 2.52 bits per heavy atom. The molecule has 0 radical (unpaired) electrons. The largest absolute Gasteiger partial charge is 0.416 e. The van der Waals surface area contributed by atoms with Crippen molar-refractivity contribution in [2.75, 3.05) is 0 Å². The summed E-state index contributed by atoms with van der Waals surface area (Å²) in [5.41, 5.74) is 1.83. The molecule has 0 unspecified atom stereocenters. The van der Waals surface area contributed by atoms with Crippen LogP contribution in [0.1, 0.15) is 22.5 Å². The van der Waals surface area contributed by atoms with Crippen molar-refractivity contribution in [2.45, 2.75) is 19.5 Å². The summed E-state index contributed by atoms with van der Waals surface area (Å²) in [5.74, 6) is 0.638. The van der Waals surface area contributed by atoms with Crippen LogP contribution in [0.2, 0.25) is 0 Å². The molecular formula is C15H12F3N3. The zero-order valence-electron chi connectivity index (χ0n) is 11.2. The molecule has 0 saturated carbocycles. The summed E-state index contributed by atoms with van der Waals surface area (Å²) in [4.78, 5) is 11.3. The minimum absolute atomic E-state index is 0.409. The number of H-pyrrole nitrogens is 1. The number of alkyl halides is 3. The predicted molar refractivity (Wildman–Crippen MR) is 72.9 cm³/mol. The van der Waals surface area contributed by atoms with Gasteiger partial charge in [-0.15, -0.1) is 0 Å². The molecule has 0 spiro atoms. The Hall–Kier alpha value is -2.37. The number of fused-ring (bicyclic) bond motifs is 1. The van der Waals surface area contributed by atoms with Gasteiger partial charge in [-0.05, 0) is 42.3 Å². The molecule has 3 nitrogen and oxygen atoms in total. The number of nitrogens with zero attached hydrogens (tertiary/aromatic N) is 2. The molecule has 1 N–H and O–H groups in total.